The van der Waals surface area contributed by atoms with Crippen LogP contribution in [-0.2, 0) is 0 Å². The maximum absolute atomic E-state index is 5.05. The molecule has 0 spiro atoms. The maximum atomic E-state index is 5.05. The van der Waals surface area contributed by atoms with Gasteiger partial charge in [-0.2, -0.15) is 0 Å². The molecule has 0 unspecified atom stereocenters. The van der Waals surface area contributed by atoms with E-state index in [4.69, 9.17) is 15.0 Å². The van der Waals surface area contributed by atoms with Crippen LogP contribution in [0.1, 0.15) is 0 Å². The van der Waals surface area contributed by atoms with Crippen LogP contribution in [0.2, 0.25) is 0 Å². The molecule has 9 aromatic rings. The maximum Gasteiger partial charge on any atom is 0.164 e. The van der Waals surface area contributed by atoms with Gasteiger partial charge in [0.2, 0.25) is 0 Å². The van der Waals surface area contributed by atoms with E-state index in [2.05, 4.69) is 89.3 Å². The van der Waals surface area contributed by atoms with Crippen LogP contribution in [0, 0.1) is 0 Å². The van der Waals surface area contributed by atoms with Crippen molar-refractivity contribution in [1.29, 1.82) is 0 Å². The second-order valence-corrected chi connectivity index (χ2v) is 11.9. The van der Waals surface area contributed by atoms with Gasteiger partial charge in [-0.25, -0.2) is 15.0 Å². The van der Waals surface area contributed by atoms with Gasteiger partial charge in [0.1, 0.15) is 4.83 Å². The van der Waals surface area contributed by atoms with Crippen LogP contribution in [0.5, 0.6) is 0 Å². The van der Waals surface area contributed by atoms with Crippen molar-refractivity contribution in [3.63, 3.8) is 0 Å². The molecule has 0 aliphatic rings. The Bertz CT molecular complexity index is 2440. The highest BCUT2D eigenvalue weighted by Crippen LogP contribution is 2.45. The van der Waals surface area contributed by atoms with E-state index in [1.54, 1.807) is 0 Å². The summed E-state index contributed by atoms with van der Waals surface area (Å²) in [5.74, 6) is 1.98. The standard InChI is InChI=1S/C39H24N4S/c1-3-13-25(14-4-1)36-40-37(26-15-5-2-6-16-26)42-38(41-36)30-24-23-29(27-17-7-8-18-28(27)30)35-31-19-9-10-20-32(31)43-33-21-11-12-22-34(33)44-39(35)43/h1-24H. The number of hydrogen-bond acceptors (Lipinski definition) is 4. The molecular weight excluding hydrogens is 557 g/mol. The second kappa shape index (κ2) is 9.97. The van der Waals surface area contributed by atoms with Gasteiger partial charge in [-0.3, -0.25) is 4.40 Å². The lowest BCUT2D eigenvalue weighted by molar-refractivity contribution is 1.08. The topological polar surface area (TPSA) is 43.1 Å². The van der Waals surface area contributed by atoms with Crippen molar-refractivity contribution in [1.82, 2.24) is 19.4 Å². The molecule has 0 bridgehead atoms. The number of hydrogen-bond donors (Lipinski definition) is 0. The number of fused-ring (bicyclic) bond motifs is 6. The third-order valence-electron chi connectivity index (χ3n) is 8.28. The fraction of sp³-hybridized carbons (Fsp3) is 0. The Morgan fingerprint density at radius 1 is 0.409 bits per heavy atom. The monoisotopic (exact) mass is 580 g/mol. The zero-order valence-corrected chi connectivity index (χ0v) is 24.4. The lowest BCUT2D eigenvalue weighted by atomic mass is 9.94. The summed E-state index contributed by atoms with van der Waals surface area (Å²) >= 11 is 1.85. The fourth-order valence-corrected chi connectivity index (χ4v) is 7.51. The van der Waals surface area contributed by atoms with E-state index in [9.17, 15) is 0 Å². The van der Waals surface area contributed by atoms with Gasteiger partial charge in [0.25, 0.3) is 0 Å². The van der Waals surface area contributed by atoms with Gasteiger partial charge in [0.05, 0.1) is 15.7 Å². The quantitative estimate of drug-likeness (QED) is 0.208. The molecular formula is C39H24N4S. The number of nitrogens with zero attached hydrogens (tertiary/aromatic N) is 4. The molecule has 4 nitrogen and oxygen atoms in total. The molecule has 0 N–H and O–H groups in total. The van der Waals surface area contributed by atoms with Gasteiger partial charge in [-0.05, 0) is 40.6 Å². The molecule has 3 heterocycles. The van der Waals surface area contributed by atoms with Gasteiger partial charge in [-0.15, -0.1) is 11.3 Å². The Morgan fingerprint density at radius 2 is 0.909 bits per heavy atom. The van der Waals surface area contributed by atoms with Crippen molar-refractivity contribution in [2.45, 2.75) is 0 Å². The van der Waals surface area contributed by atoms with Gasteiger partial charge in [0, 0.05) is 27.6 Å². The first-order valence-electron chi connectivity index (χ1n) is 14.6. The first-order chi connectivity index (χ1) is 21.8. The Labute approximate surface area is 257 Å². The molecule has 206 valence electrons. The predicted molar refractivity (Wildman–Crippen MR) is 183 cm³/mol. The fourth-order valence-electron chi connectivity index (χ4n) is 6.29. The zero-order valence-electron chi connectivity index (χ0n) is 23.6. The minimum Gasteiger partial charge on any atom is -0.299 e. The molecule has 0 saturated carbocycles. The molecule has 0 aliphatic heterocycles. The molecule has 0 aliphatic carbocycles. The molecule has 0 radical (unpaired) electrons. The number of aromatic nitrogens is 4. The molecule has 0 fully saturated rings. The molecule has 44 heavy (non-hydrogen) atoms. The van der Waals surface area contributed by atoms with Crippen LogP contribution in [0.15, 0.2) is 146 Å². The van der Waals surface area contributed by atoms with E-state index in [0.29, 0.717) is 17.5 Å². The first-order valence-corrected chi connectivity index (χ1v) is 15.5. The number of thiazole rings is 1. The minimum atomic E-state index is 0.660. The average Bonchev–Trinajstić information content (AvgIpc) is 3.63. The Morgan fingerprint density at radius 3 is 1.59 bits per heavy atom. The van der Waals surface area contributed by atoms with E-state index in [-0.39, 0.29) is 0 Å². The summed E-state index contributed by atoms with van der Waals surface area (Å²) < 4.78 is 3.69. The Hall–Kier alpha value is -5.65. The first kappa shape index (κ1) is 24.9. The smallest absolute Gasteiger partial charge is 0.164 e. The van der Waals surface area contributed by atoms with E-state index in [0.717, 1.165) is 22.1 Å². The summed E-state index contributed by atoms with van der Waals surface area (Å²) in [5, 5.41) is 3.53. The van der Waals surface area contributed by atoms with Gasteiger partial charge >= 0.3 is 0 Å². The molecule has 0 amide bonds. The van der Waals surface area contributed by atoms with Crippen molar-refractivity contribution in [2.24, 2.45) is 0 Å². The third-order valence-corrected chi connectivity index (χ3v) is 9.42. The lowest BCUT2D eigenvalue weighted by Gasteiger charge is -2.13. The molecule has 9 rings (SSSR count). The largest absolute Gasteiger partial charge is 0.299 e. The minimum absolute atomic E-state index is 0.660. The summed E-state index contributed by atoms with van der Waals surface area (Å²) in [5.41, 5.74) is 7.83. The van der Waals surface area contributed by atoms with E-state index >= 15 is 0 Å². The molecule has 3 aromatic heterocycles. The predicted octanol–water partition coefficient (Wildman–Crippen LogP) is 10.3. The van der Waals surface area contributed by atoms with Gasteiger partial charge < -0.3 is 0 Å². The highest BCUT2D eigenvalue weighted by Gasteiger charge is 2.21. The third kappa shape index (κ3) is 3.87. The Balaban J connectivity index is 1.32. The van der Waals surface area contributed by atoms with Crippen LogP contribution >= 0.6 is 11.3 Å². The second-order valence-electron chi connectivity index (χ2n) is 10.8. The molecule has 0 atom stereocenters. The summed E-state index contributed by atoms with van der Waals surface area (Å²) in [7, 11) is 0. The summed E-state index contributed by atoms with van der Waals surface area (Å²) in [6, 6.07) is 50.7. The van der Waals surface area contributed by atoms with Crippen LogP contribution in [-0.4, -0.2) is 19.4 Å². The van der Waals surface area contributed by atoms with Gasteiger partial charge in [-0.1, -0.05) is 121 Å². The highest BCUT2D eigenvalue weighted by atomic mass is 32.1. The average molecular weight is 581 g/mol. The normalized spacial score (nSPS) is 11.6. The molecule has 0 saturated heterocycles. The zero-order chi connectivity index (χ0) is 29.0. The van der Waals surface area contributed by atoms with Crippen molar-refractivity contribution in [3.8, 4) is 45.3 Å². The lowest BCUT2D eigenvalue weighted by Crippen LogP contribution is -2.00. The molecule has 6 aromatic carbocycles. The van der Waals surface area contributed by atoms with Crippen LogP contribution in [0.25, 0.3) is 82.0 Å². The SMILES string of the molecule is c1ccc(-c2nc(-c3ccccc3)nc(-c3ccc(-c4c5ccccc5n5c4sc4ccccc45)c4ccccc34)n2)cc1. The van der Waals surface area contributed by atoms with Crippen LogP contribution in [0.4, 0.5) is 0 Å². The number of benzene rings is 6. The van der Waals surface area contributed by atoms with Gasteiger partial charge in [0.15, 0.2) is 17.5 Å². The van der Waals surface area contributed by atoms with Crippen molar-refractivity contribution in [2.75, 3.05) is 0 Å². The summed E-state index contributed by atoms with van der Waals surface area (Å²) in [6.07, 6.45) is 0. The van der Waals surface area contributed by atoms with E-state index in [1.807, 2.05) is 72.0 Å². The number of rotatable bonds is 4. The van der Waals surface area contributed by atoms with Crippen molar-refractivity contribution in [3.05, 3.63) is 146 Å². The number of para-hydroxylation sites is 2. The highest BCUT2D eigenvalue weighted by molar-refractivity contribution is 7.24. The van der Waals surface area contributed by atoms with Crippen molar-refractivity contribution < 1.29 is 0 Å². The summed E-state index contributed by atoms with van der Waals surface area (Å²) in [6.45, 7) is 0. The van der Waals surface area contributed by atoms with Crippen molar-refractivity contribution >= 4 is 48.1 Å². The summed E-state index contributed by atoms with van der Waals surface area (Å²) in [4.78, 5) is 16.2. The van der Waals surface area contributed by atoms with Crippen LogP contribution < -0.4 is 0 Å². The molecule has 5 heteroatoms. The van der Waals surface area contributed by atoms with E-state index < -0.39 is 0 Å². The van der Waals surface area contributed by atoms with E-state index in [1.165, 1.54) is 42.5 Å². The Kier molecular flexibility index (Phi) is 5.64. The van der Waals surface area contributed by atoms with Crippen LogP contribution in [0.3, 0.4) is 0 Å².